The van der Waals surface area contributed by atoms with E-state index < -0.39 is 69.6 Å². The summed E-state index contributed by atoms with van der Waals surface area (Å²) in [5, 5.41) is 9.45. The minimum absolute atomic E-state index is 0.0875. The number of rotatable bonds is 7. The van der Waals surface area contributed by atoms with Crippen LogP contribution < -0.4 is 19.8 Å². The summed E-state index contributed by atoms with van der Waals surface area (Å²) in [7, 11) is 1.27. The highest BCUT2D eigenvalue weighted by Crippen LogP contribution is 2.39. The molecule has 8 nitrogen and oxygen atoms in total. The minimum Gasteiger partial charge on any atom is -0.497 e. The zero-order valence-corrected chi connectivity index (χ0v) is 25.5. The number of benzene rings is 4. The van der Waals surface area contributed by atoms with Gasteiger partial charge in [0.05, 0.1) is 34.9 Å². The second kappa shape index (κ2) is 12.7. The maximum Gasteiger partial charge on any atom is 0.416 e. The standard InChI is InChI=1S/C32H17BrF7NO7/c1-46-19-12-21-22(33)14-41(18-7-9-24(23(34)11-18)48-30(45)15-2-4-16(5-3-15)31(35,36)37)28(42)27(21)26(13-19)47-25-10-17(32(38,39)40)6-8-20(25)29(43)44/h2-14H,1H3,(H,43,44). The van der Waals surface area contributed by atoms with Crippen molar-refractivity contribution in [1.29, 1.82) is 0 Å². The molecule has 0 amide bonds. The van der Waals surface area contributed by atoms with Crippen LogP contribution in [0.1, 0.15) is 31.8 Å². The third-order valence-electron chi connectivity index (χ3n) is 6.85. The Morgan fingerprint density at radius 1 is 0.812 bits per heavy atom. The number of hydrogen-bond donors (Lipinski definition) is 1. The summed E-state index contributed by atoms with van der Waals surface area (Å²) in [5.41, 5.74) is -4.17. The van der Waals surface area contributed by atoms with Gasteiger partial charge in [0, 0.05) is 28.2 Å². The fourth-order valence-electron chi connectivity index (χ4n) is 4.51. The Hall–Kier alpha value is -5.38. The molecule has 0 aliphatic carbocycles. The fourth-order valence-corrected chi connectivity index (χ4v) is 5.02. The molecule has 0 radical (unpaired) electrons. The lowest BCUT2D eigenvalue weighted by Crippen LogP contribution is -2.19. The predicted molar refractivity (Wildman–Crippen MR) is 159 cm³/mol. The zero-order chi connectivity index (χ0) is 35.1. The molecule has 1 N–H and O–H groups in total. The maximum atomic E-state index is 15.2. The van der Waals surface area contributed by atoms with E-state index in [0.717, 1.165) is 34.9 Å². The molecule has 5 aromatic rings. The number of carboxylic acid groups (broad SMARTS) is 1. The number of nitrogens with zero attached hydrogens (tertiary/aromatic N) is 1. The maximum absolute atomic E-state index is 15.2. The van der Waals surface area contributed by atoms with Crippen molar-refractivity contribution in [3.8, 4) is 28.7 Å². The van der Waals surface area contributed by atoms with Gasteiger partial charge in [-0.2, -0.15) is 26.3 Å². The van der Waals surface area contributed by atoms with Gasteiger partial charge in [-0.15, -0.1) is 0 Å². The van der Waals surface area contributed by atoms with Crippen LogP contribution in [-0.4, -0.2) is 28.7 Å². The number of fused-ring (bicyclic) bond motifs is 1. The molecule has 0 saturated heterocycles. The van der Waals surface area contributed by atoms with Crippen molar-refractivity contribution in [2.45, 2.75) is 12.4 Å². The van der Waals surface area contributed by atoms with E-state index in [1.54, 1.807) is 0 Å². The van der Waals surface area contributed by atoms with E-state index in [4.69, 9.17) is 14.2 Å². The number of carbonyl (C=O) groups excluding carboxylic acids is 1. The number of carboxylic acids is 1. The zero-order valence-electron chi connectivity index (χ0n) is 23.9. The Kier molecular flexibility index (Phi) is 8.97. The SMILES string of the molecule is COc1cc(Oc2cc(C(F)(F)F)ccc2C(=O)O)c2c(=O)n(-c3ccc(OC(=O)c4ccc(C(F)(F)F)cc4)c(F)c3)cc(Br)c2c1. The van der Waals surface area contributed by atoms with Crippen LogP contribution >= 0.6 is 15.9 Å². The summed E-state index contributed by atoms with van der Waals surface area (Å²) in [5.74, 6) is -5.57. The summed E-state index contributed by atoms with van der Waals surface area (Å²) < 4.78 is 111. The number of aromatic nitrogens is 1. The first-order valence-corrected chi connectivity index (χ1v) is 14.0. The van der Waals surface area contributed by atoms with Crippen molar-refractivity contribution in [2.75, 3.05) is 7.11 Å². The molecule has 0 aliphatic rings. The number of alkyl halides is 6. The molecule has 248 valence electrons. The lowest BCUT2D eigenvalue weighted by atomic mass is 10.1. The molecule has 0 spiro atoms. The molecule has 1 heterocycles. The number of pyridine rings is 1. The van der Waals surface area contributed by atoms with Gasteiger partial charge in [-0.25, -0.2) is 14.0 Å². The molecule has 0 bridgehead atoms. The van der Waals surface area contributed by atoms with Crippen molar-refractivity contribution in [3.63, 3.8) is 0 Å². The van der Waals surface area contributed by atoms with E-state index in [-0.39, 0.29) is 32.2 Å². The van der Waals surface area contributed by atoms with E-state index in [1.165, 1.54) is 25.4 Å². The van der Waals surface area contributed by atoms with Gasteiger partial charge < -0.3 is 19.3 Å². The van der Waals surface area contributed by atoms with Crippen molar-refractivity contribution in [3.05, 3.63) is 122 Å². The van der Waals surface area contributed by atoms with Gasteiger partial charge in [0.25, 0.3) is 5.56 Å². The van der Waals surface area contributed by atoms with Gasteiger partial charge in [0.1, 0.15) is 22.8 Å². The van der Waals surface area contributed by atoms with Crippen molar-refractivity contribution in [2.24, 2.45) is 0 Å². The van der Waals surface area contributed by atoms with Crippen LogP contribution in [0.15, 0.2) is 88.3 Å². The molecule has 5 rings (SSSR count). The second-order valence-corrected chi connectivity index (χ2v) is 10.7. The average molecular weight is 740 g/mol. The summed E-state index contributed by atoms with van der Waals surface area (Å²) in [6.07, 6.45) is -8.26. The number of carbonyl (C=O) groups is 2. The second-order valence-electron chi connectivity index (χ2n) is 9.90. The highest BCUT2D eigenvalue weighted by atomic mass is 79.9. The number of hydrogen-bond acceptors (Lipinski definition) is 6. The van der Waals surface area contributed by atoms with Crippen LogP contribution in [0.4, 0.5) is 30.7 Å². The van der Waals surface area contributed by atoms with Crippen molar-refractivity contribution >= 4 is 38.6 Å². The van der Waals surface area contributed by atoms with Gasteiger partial charge in [-0.1, -0.05) is 0 Å². The fraction of sp³-hybridized carbons (Fsp3) is 0.0938. The van der Waals surface area contributed by atoms with Gasteiger partial charge >= 0.3 is 24.3 Å². The van der Waals surface area contributed by atoms with Crippen LogP contribution in [0, 0.1) is 5.82 Å². The quantitative estimate of drug-likeness (QED) is 0.101. The Morgan fingerprint density at radius 2 is 1.46 bits per heavy atom. The van der Waals surface area contributed by atoms with E-state index >= 15 is 4.39 Å². The number of methoxy groups -OCH3 is 1. The van der Waals surface area contributed by atoms with E-state index in [0.29, 0.717) is 30.3 Å². The molecule has 0 aliphatic heterocycles. The molecular weight excluding hydrogens is 723 g/mol. The monoisotopic (exact) mass is 739 g/mol. The first-order chi connectivity index (χ1) is 22.5. The third kappa shape index (κ3) is 6.83. The van der Waals surface area contributed by atoms with Crippen LogP contribution in [0.2, 0.25) is 0 Å². The molecule has 0 saturated carbocycles. The molecule has 1 aromatic heterocycles. The first kappa shape index (κ1) is 34.0. The summed E-state index contributed by atoms with van der Waals surface area (Å²) in [6, 6.07) is 10.3. The Balaban J connectivity index is 1.56. The summed E-state index contributed by atoms with van der Waals surface area (Å²) in [4.78, 5) is 38.1. The van der Waals surface area contributed by atoms with Crippen LogP contribution in [0.25, 0.3) is 16.5 Å². The number of esters is 1. The summed E-state index contributed by atoms with van der Waals surface area (Å²) >= 11 is 3.30. The molecule has 0 unspecified atom stereocenters. The number of ether oxygens (including phenoxy) is 3. The van der Waals surface area contributed by atoms with E-state index in [2.05, 4.69) is 15.9 Å². The Labute approximate surface area is 272 Å². The summed E-state index contributed by atoms with van der Waals surface area (Å²) in [6.45, 7) is 0. The highest BCUT2D eigenvalue weighted by Gasteiger charge is 2.33. The highest BCUT2D eigenvalue weighted by molar-refractivity contribution is 9.10. The van der Waals surface area contributed by atoms with Crippen molar-refractivity contribution in [1.82, 2.24) is 4.57 Å². The van der Waals surface area contributed by atoms with Crippen LogP contribution in [-0.2, 0) is 12.4 Å². The van der Waals surface area contributed by atoms with Gasteiger partial charge in [-0.3, -0.25) is 9.36 Å². The molecule has 0 fully saturated rings. The van der Waals surface area contributed by atoms with Crippen LogP contribution in [0.5, 0.6) is 23.0 Å². The average Bonchev–Trinajstić information content (AvgIpc) is 3.02. The molecule has 4 aromatic carbocycles. The van der Waals surface area contributed by atoms with E-state index in [1.807, 2.05) is 0 Å². The van der Waals surface area contributed by atoms with Crippen LogP contribution in [0.3, 0.4) is 0 Å². The molecule has 16 heteroatoms. The normalized spacial score (nSPS) is 11.8. The Morgan fingerprint density at radius 3 is 2.04 bits per heavy atom. The number of halogens is 8. The lowest BCUT2D eigenvalue weighted by molar-refractivity contribution is -0.138. The topological polar surface area (TPSA) is 104 Å². The smallest absolute Gasteiger partial charge is 0.416 e. The molecule has 0 atom stereocenters. The minimum atomic E-state index is -4.86. The molecular formula is C32H17BrF7NO7. The predicted octanol–water partition coefficient (Wildman–Crippen LogP) is 8.65. The van der Waals surface area contributed by atoms with Gasteiger partial charge in [0.2, 0.25) is 0 Å². The molecule has 48 heavy (non-hydrogen) atoms. The van der Waals surface area contributed by atoms with Gasteiger partial charge in [0.15, 0.2) is 11.6 Å². The largest absolute Gasteiger partial charge is 0.497 e. The van der Waals surface area contributed by atoms with Gasteiger partial charge in [-0.05, 0) is 76.6 Å². The van der Waals surface area contributed by atoms with Crippen molar-refractivity contribution < 1.29 is 59.6 Å². The first-order valence-electron chi connectivity index (χ1n) is 13.2. The Bertz CT molecular complexity index is 2140. The van der Waals surface area contributed by atoms with E-state index in [9.17, 15) is 45.8 Å². The lowest BCUT2D eigenvalue weighted by Gasteiger charge is -2.17. The third-order valence-corrected chi connectivity index (χ3v) is 7.48. The number of aromatic carboxylic acids is 1.